The van der Waals surface area contributed by atoms with Crippen LogP contribution in [0.15, 0.2) is 30.9 Å². The molecule has 0 bridgehead atoms. The largest absolute Gasteiger partial charge is 0.497 e. The first-order chi connectivity index (χ1) is 10.2. The molecular weight excluding hydrogens is 268 g/mol. The second-order valence-corrected chi connectivity index (χ2v) is 4.98. The Kier molecular flexibility index (Phi) is 5.22. The van der Waals surface area contributed by atoms with E-state index < -0.39 is 0 Å². The van der Waals surface area contributed by atoms with Gasteiger partial charge in [-0.05, 0) is 24.3 Å². The second kappa shape index (κ2) is 7.13. The van der Waals surface area contributed by atoms with Crippen LogP contribution in [-0.2, 0) is 11.3 Å². The van der Waals surface area contributed by atoms with Crippen molar-refractivity contribution in [3.05, 3.63) is 36.4 Å². The van der Waals surface area contributed by atoms with E-state index in [1.807, 2.05) is 23.1 Å². The molecule has 0 radical (unpaired) electrons. The summed E-state index contributed by atoms with van der Waals surface area (Å²) in [6, 6.07) is 5.81. The number of ether oxygens (including phenoxy) is 2. The molecule has 21 heavy (non-hydrogen) atoms. The molecule has 1 aliphatic rings. The summed E-state index contributed by atoms with van der Waals surface area (Å²) in [7, 11) is 3.33. The van der Waals surface area contributed by atoms with E-state index >= 15 is 0 Å². The molecule has 0 atom stereocenters. The molecule has 1 amide bonds. The summed E-state index contributed by atoms with van der Waals surface area (Å²) < 4.78 is 10.7. The molecule has 2 rings (SSSR count). The Morgan fingerprint density at radius 1 is 1.24 bits per heavy atom. The predicted octanol–water partition coefficient (Wildman–Crippen LogP) is 1.53. The highest BCUT2D eigenvalue weighted by atomic mass is 16.5. The van der Waals surface area contributed by atoms with Crippen LogP contribution in [0.3, 0.4) is 0 Å². The van der Waals surface area contributed by atoms with Gasteiger partial charge in [-0.2, -0.15) is 0 Å². The second-order valence-electron chi connectivity index (χ2n) is 4.98. The van der Waals surface area contributed by atoms with E-state index in [2.05, 4.69) is 11.5 Å². The van der Waals surface area contributed by atoms with Gasteiger partial charge in [0.05, 0.1) is 14.2 Å². The van der Waals surface area contributed by atoms with E-state index in [-0.39, 0.29) is 5.91 Å². The zero-order valence-corrected chi connectivity index (χ0v) is 12.7. The summed E-state index contributed by atoms with van der Waals surface area (Å²) in [4.78, 5) is 15.7. The average Bonchev–Trinajstić information content (AvgIpc) is 2.54. The van der Waals surface area contributed by atoms with Crippen molar-refractivity contribution in [1.29, 1.82) is 0 Å². The number of amides is 1. The SMILES string of the molecule is C=CC(=O)N1CCN(Cc2cc(OC)ccc2OC)CC1. The third-order valence-corrected chi connectivity index (χ3v) is 3.74. The number of hydrogen-bond acceptors (Lipinski definition) is 4. The molecule has 0 aliphatic carbocycles. The highest BCUT2D eigenvalue weighted by Gasteiger charge is 2.20. The third kappa shape index (κ3) is 3.76. The Bertz CT molecular complexity index is 508. The Morgan fingerprint density at radius 3 is 2.52 bits per heavy atom. The minimum atomic E-state index is 0.00797. The first kappa shape index (κ1) is 15.4. The quantitative estimate of drug-likeness (QED) is 0.771. The lowest BCUT2D eigenvalue weighted by molar-refractivity contribution is -0.127. The summed E-state index contributed by atoms with van der Waals surface area (Å²) in [5.74, 6) is 1.69. The van der Waals surface area contributed by atoms with Crippen molar-refractivity contribution >= 4 is 5.91 Å². The highest BCUT2D eigenvalue weighted by molar-refractivity contribution is 5.87. The van der Waals surface area contributed by atoms with Crippen LogP contribution in [0.5, 0.6) is 11.5 Å². The average molecular weight is 290 g/mol. The van der Waals surface area contributed by atoms with Crippen LogP contribution in [0.1, 0.15) is 5.56 Å². The highest BCUT2D eigenvalue weighted by Crippen LogP contribution is 2.25. The monoisotopic (exact) mass is 290 g/mol. The normalized spacial score (nSPS) is 15.6. The maximum Gasteiger partial charge on any atom is 0.246 e. The minimum absolute atomic E-state index is 0.00797. The number of nitrogens with zero attached hydrogens (tertiary/aromatic N) is 2. The zero-order valence-electron chi connectivity index (χ0n) is 12.7. The van der Waals surface area contributed by atoms with E-state index in [9.17, 15) is 4.79 Å². The van der Waals surface area contributed by atoms with Gasteiger partial charge in [0.25, 0.3) is 0 Å². The Hall–Kier alpha value is -2.01. The van der Waals surface area contributed by atoms with Gasteiger partial charge >= 0.3 is 0 Å². The molecule has 114 valence electrons. The summed E-state index contributed by atoms with van der Waals surface area (Å²) in [5, 5.41) is 0. The number of carbonyl (C=O) groups is 1. The molecule has 1 aromatic carbocycles. The number of rotatable bonds is 5. The van der Waals surface area contributed by atoms with Crippen molar-refractivity contribution in [2.45, 2.75) is 6.54 Å². The molecule has 0 unspecified atom stereocenters. The van der Waals surface area contributed by atoms with Crippen LogP contribution in [0.4, 0.5) is 0 Å². The van der Waals surface area contributed by atoms with Crippen LogP contribution >= 0.6 is 0 Å². The van der Waals surface area contributed by atoms with Gasteiger partial charge in [-0.25, -0.2) is 0 Å². The van der Waals surface area contributed by atoms with Crippen molar-refractivity contribution in [3.63, 3.8) is 0 Å². The van der Waals surface area contributed by atoms with E-state index in [0.717, 1.165) is 49.8 Å². The van der Waals surface area contributed by atoms with Crippen molar-refractivity contribution in [1.82, 2.24) is 9.80 Å². The fraction of sp³-hybridized carbons (Fsp3) is 0.438. The van der Waals surface area contributed by atoms with E-state index in [4.69, 9.17) is 9.47 Å². The lowest BCUT2D eigenvalue weighted by atomic mass is 10.1. The van der Waals surface area contributed by atoms with E-state index in [1.165, 1.54) is 6.08 Å². The van der Waals surface area contributed by atoms with Gasteiger partial charge < -0.3 is 14.4 Å². The maximum atomic E-state index is 11.6. The van der Waals surface area contributed by atoms with Crippen LogP contribution < -0.4 is 9.47 Å². The van der Waals surface area contributed by atoms with Gasteiger partial charge in [-0.15, -0.1) is 0 Å². The lowest BCUT2D eigenvalue weighted by Crippen LogP contribution is -2.47. The molecule has 1 aromatic rings. The van der Waals surface area contributed by atoms with Gasteiger partial charge in [-0.1, -0.05) is 6.58 Å². The number of hydrogen-bond donors (Lipinski definition) is 0. The topological polar surface area (TPSA) is 42.0 Å². The van der Waals surface area contributed by atoms with Gasteiger partial charge in [0, 0.05) is 38.3 Å². The summed E-state index contributed by atoms with van der Waals surface area (Å²) in [5.41, 5.74) is 1.10. The molecule has 0 spiro atoms. The predicted molar refractivity (Wildman–Crippen MR) is 81.6 cm³/mol. The molecular formula is C16H22N2O3. The number of benzene rings is 1. The summed E-state index contributed by atoms with van der Waals surface area (Å²) >= 11 is 0. The Labute approximate surface area is 125 Å². The molecule has 5 heteroatoms. The van der Waals surface area contributed by atoms with Crippen LogP contribution in [-0.4, -0.2) is 56.1 Å². The van der Waals surface area contributed by atoms with Gasteiger partial charge in [0.2, 0.25) is 5.91 Å². The van der Waals surface area contributed by atoms with Crippen LogP contribution in [0.25, 0.3) is 0 Å². The molecule has 5 nitrogen and oxygen atoms in total. The molecule has 1 fully saturated rings. The summed E-state index contributed by atoms with van der Waals surface area (Å²) in [6.07, 6.45) is 1.38. The van der Waals surface area contributed by atoms with Gasteiger partial charge in [0.15, 0.2) is 0 Å². The van der Waals surface area contributed by atoms with Crippen molar-refractivity contribution in [3.8, 4) is 11.5 Å². The number of carbonyl (C=O) groups excluding carboxylic acids is 1. The van der Waals surface area contributed by atoms with E-state index in [0.29, 0.717) is 0 Å². The molecule has 1 heterocycles. The Balaban J connectivity index is 2.00. The standard InChI is InChI=1S/C16H22N2O3/c1-4-16(19)18-9-7-17(8-10-18)12-13-11-14(20-2)5-6-15(13)21-3/h4-6,11H,1,7-10,12H2,2-3H3. The van der Waals surface area contributed by atoms with Crippen LogP contribution in [0, 0.1) is 0 Å². The van der Waals surface area contributed by atoms with Gasteiger partial charge in [0.1, 0.15) is 11.5 Å². The smallest absolute Gasteiger partial charge is 0.246 e. The first-order valence-corrected chi connectivity index (χ1v) is 7.02. The lowest BCUT2D eigenvalue weighted by Gasteiger charge is -2.34. The molecule has 1 saturated heterocycles. The van der Waals surface area contributed by atoms with Crippen molar-refractivity contribution in [2.24, 2.45) is 0 Å². The zero-order chi connectivity index (χ0) is 15.2. The fourth-order valence-electron chi connectivity index (χ4n) is 2.50. The number of methoxy groups -OCH3 is 2. The van der Waals surface area contributed by atoms with Gasteiger partial charge in [-0.3, -0.25) is 9.69 Å². The van der Waals surface area contributed by atoms with Crippen molar-refractivity contribution in [2.75, 3.05) is 40.4 Å². The Morgan fingerprint density at radius 2 is 1.95 bits per heavy atom. The number of piperazine rings is 1. The summed E-state index contributed by atoms with van der Waals surface area (Å²) in [6.45, 7) is 7.48. The maximum absolute atomic E-state index is 11.6. The van der Waals surface area contributed by atoms with Crippen molar-refractivity contribution < 1.29 is 14.3 Å². The molecule has 0 N–H and O–H groups in total. The molecule has 1 aliphatic heterocycles. The van der Waals surface area contributed by atoms with E-state index in [1.54, 1.807) is 14.2 Å². The molecule has 0 saturated carbocycles. The minimum Gasteiger partial charge on any atom is -0.497 e. The third-order valence-electron chi connectivity index (χ3n) is 3.74. The first-order valence-electron chi connectivity index (χ1n) is 7.02. The molecule has 0 aromatic heterocycles. The fourth-order valence-corrected chi connectivity index (χ4v) is 2.50. The van der Waals surface area contributed by atoms with Crippen LogP contribution in [0.2, 0.25) is 0 Å².